The minimum atomic E-state index is -0.417. The van der Waals surface area contributed by atoms with Gasteiger partial charge < -0.3 is 16.4 Å². The van der Waals surface area contributed by atoms with Gasteiger partial charge in [-0.3, -0.25) is 9.59 Å². The highest BCUT2D eigenvalue weighted by Gasteiger charge is 2.47. The van der Waals surface area contributed by atoms with E-state index in [0.717, 1.165) is 25.7 Å². The number of nitrogens with one attached hydrogen (secondary N) is 2. The number of hydrogen-bond donors (Lipinski definition) is 3. The molecule has 0 aromatic rings. The van der Waals surface area contributed by atoms with Gasteiger partial charge in [0.15, 0.2) is 0 Å². The summed E-state index contributed by atoms with van der Waals surface area (Å²) in [5.74, 6) is 0.397. The van der Waals surface area contributed by atoms with Gasteiger partial charge in [-0.1, -0.05) is 6.92 Å². The third-order valence-corrected chi connectivity index (χ3v) is 3.70. The first kappa shape index (κ1) is 12.4. The Balaban J connectivity index is 1.74. The molecule has 17 heavy (non-hydrogen) atoms. The largest absolute Gasteiger partial charge is 0.352 e. The first-order chi connectivity index (χ1) is 8.05. The average Bonchev–Trinajstić information content (AvgIpc) is 3.05. The zero-order chi connectivity index (χ0) is 12.5. The molecular weight excluding hydrogens is 218 g/mol. The number of hydrogen-bond acceptors (Lipinski definition) is 3. The fraction of sp³-hybridized carbons (Fsp3) is 0.833. The molecule has 0 unspecified atom stereocenters. The molecule has 2 fully saturated rings. The maximum Gasteiger partial charge on any atom is 0.239 e. The molecule has 0 aromatic carbocycles. The molecule has 96 valence electrons. The number of amides is 2. The molecule has 0 bridgehead atoms. The van der Waals surface area contributed by atoms with Crippen molar-refractivity contribution < 1.29 is 9.59 Å². The minimum Gasteiger partial charge on any atom is -0.352 e. The van der Waals surface area contributed by atoms with Gasteiger partial charge in [0.05, 0.1) is 12.0 Å². The van der Waals surface area contributed by atoms with Crippen molar-refractivity contribution in [2.75, 3.05) is 13.1 Å². The van der Waals surface area contributed by atoms with Crippen LogP contribution in [0.5, 0.6) is 0 Å². The topological polar surface area (TPSA) is 84.2 Å². The van der Waals surface area contributed by atoms with Crippen molar-refractivity contribution in [1.82, 2.24) is 10.6 Å². The fourth-order valence-electron chi connectivity index (χ4n) is 2.57. The lowest BCUT2D eigenvalue weighted by molar-refractivity contribution is -0.139. The number of carbonyl (C=O) groups is 2. The van der Waals surface area contributed by atoms with Gasteiger partial charge in [-0.2, -0.15) is 0 Å². The summed E-state index contributed by atoms with van der Waals surface area (Å²) >= 11 is 0. The Bertz CT molecular complexity index is 320. The molecule has 0 aromatic heterocycles. The number of nitrogens with two attached hydrogens (primary N) is 1. The van der Waals surface area contributed by atoms with Gasteiger partial charge in [0.2, 0.25) is 11.8 Å². The highest BCUT2D eigenvalue weighted by atomic mass is 16.2. The summed E-state index contributed by atoms with van der Waals surface area (Å²) in [6.07, 6.45) is 3.78. The Morgan fingerprint density at radius 1 is 1.35 bits per heavy atom. The van der Waals surface area contributed by atoms with E-state index in [1.165, 1.54) is 0 Å². The molecule has 2 saturated carbocycles. The molecule has 2 amide bonds. The second-order valence-electron chi connectivity index (χ2n) is 5.52. The van der Waals surface area contributed by atoms with E-state index in [4.69, 9.17) is 5.73 Å². The molecule has 0 aliphatic heterocycles. The fourth-order valence-corrected chi connectivity index (χ4v) is 2.57. The predicted octanol–water partition coefficient (Wildman–Crippen LogP) is -0.244. The van der Waals surface area contributed by atoms with Gasteiger partial charge in [0, 0.05) is 12.6 Å². The molecule has 0 radical (unpaired) electrons. The summed E-state index contributed by atoms with van der Waals surface area (Å²) < 4.78 is 0. The molecule has 4 N–H and O–H groups in total. The minimum absolute atomic E-state index is 0.0657. The molecular formula is C12H21N3O2. The standard InChI is InChI=1S/C12H21N3O2/c1-8-4-12(5-8,7-13)11(17)14-6-10(16)15-9-2-3-9/h8-9H,2-7,13H2,1H3,(H,14,17)(H,15,16). The average molecular weight is 239 g/mol. The van der Waals surface area contributed by atoms with Crippen molar-refractivity contribution in [3.63, 3.8) is 0 Å². The van der Waals surface area contributed by atoms with E-state index in [0.29, 0.717) is 18.5 Å². The zero-order valence-electron chi connectivity index (χ0n) is 10.3. The van der Waals surface area contributed by atoms with Gasteiger partial charge in [0.25, 0.3) is 0 Å². The van der Waals surface area contributed by atoms with Crippen LogP contribution in [-0.4, -0.2) is 30.9 Å². The van der Waals surface area contributed by atoms with Crippen molar-refractivity contribution in [3.8, 4) is 0 Å². The van der Waals surface area contributed by atoms with Gasteiger partial charge in [-0.25, -0.2) is 0 Å². The lowest BCUT2D eigenvalue weighted by atomic mass is 9.62. The Morgan fingerprint density at radius 3 is 2.47 bits per heavy atom. The van der Waals surface area contributed by atoms with Crippen molar-refractivity contribution in [2.45, 2.75) is 38.6 Å². The van der Waals surface area contributed by atoms with E-state index in [9.17, 15) is 9.59 Å². The summed E-state index contributed by atoms with van der Waals surface area (Å²) in [5, 5.41) is 5.54. The maximum absolute atomic E-state index is 12.0. The smallest absolute Gasteiger partial charge is 0.239 e. The molecule has 5 heteroatoms. The van der Waals surface area contributed by atoms with E-state index < -0.39 is 5.41 Å². The quantitative estimate of drug-likeness (QED) is 0.619. The predicted molar refractivity (Wildman–Crippen MR) is 64.1 cm³/mol. The Morgan fingerprint density at radius 2 is 2.00 bits per heavy atom. The molecule has 0 heterocycles. The van der Waals surface area contributed by atoms with Crippen molar-refractivity contribution >= 4 is 11.8 Å². The SMILES string of the molecule is CC1CC(CN)(C(=O)NCC(=O)NC2CC2)C1. The van der Waals surface area contributed by atoms with Crippen LogP contribution in [0.3, 0.4) is 0 Å². The molecule has 0 spiro atoms. The lowest BCUT2D eigenvalue weighted by Gasteiger charge is -2.44. The lowest BCUT2D eigenvalue weighted by Crippen LogP contribution is -2.54. The molecule has 0 saturated heterocycles. The highest BCUT2D eigenvalue weighted by molar-refractivity contribution is 5.88. The molecule has 5 nitrogen and oxygen atoms in total. The third kappa shape index (κ3) is 2.77. The summed E-state index contributed by atoms with van der Waals surface area (Å²) in [4.78, 5) is 23.4. The maximum atomic E-state index is 12.0. The van der Waals surface area contributed by atoms with Crippen LogP contribution in [0.2, 0.25) is 0 Å². The van der Waals surface area contributed by atoms with Crippen LogP contribution in [0.25, 0.3) is 0 Å². The Hall–Kier alpha value is -1.10. The van der Waals surface area contributed by atoms with Crippen LogP contribution < -0.4 is 16.4 Å². The van der Waals surface area contributed by atoms with Gasteiger partial charge >= 0.3 is 0 Å². The van der Waals surface area contributed by atoms with E-state index in [2.05, 4.69) is 17.6 Å². The second-order valence-corrected chi connectivity index (χ2v) is 5.52. The third-order valence-electron chi connectivity index (χ3n) is 3.70. The molecule has 2 aliphatic carbocycles. The van der Waals surface area contributed by atoms with Gasteiger partial charge in [-0.05, 0) is 31.6 Å². The monoisotopic (exact) mass is 239 g/mol. The highest BCUT2D eigenvalue weighted by Crippen LogP contribution is 2.44. The van der Waals surface area contributed by atoms with Crippen LogP contribution in [0, 0.1) is 11.3 Å². The van der Waals surface area contributed by atoms with Crippen molar-refractivity contribution in [2.24, 2.45) is 17.1 Å². The van der Waals surface area contributed by atoms with Crippen LogP contribution >= 0.6 is 0 Å². The zero-order valence-corrected chi connectivity index (χ0v) is 10.3. The molecule has 2 aliphatic rings. The van der Waals surface area contributed by atoms with Crippen molar-refractivity contribution in [3.05, 3.63) is 0 Å². The first-order valence-corrected chi connectivity index (χ1v) is 6.33. The van der Waals surface area contributed by atoms with E-state index in [1.54, 1.807) is 0 Å². The van der Waals surface area contributed by atoms with Gasteiger partial charge in [-0.15, -0.1) is 0 Å². The van der Waals surface area contributed by atoms with Crippen LogP contribution in [0.1, 0.15) is 32.6 Å². The normalized spacial score (nSPS) is 31.5. The van der Waals surface area contributed by atoms with E-state index >= 15 is 0 Å². The summed E-state index contributed by atoms with van der Waals surface area (Å²) in [7, 11) is 0. The Kier molecular flexibility index (Phi) is 3.38. The summed E-state index contributed by atoms with van der Waals surface area (Å²) in [5.41, 5.74) is 5.25. The van der Waals surface area contributed by atoms with Crippen LogP contribution in [-0.2, 0) is 9.59 Å². The van der Waals surface area contributed by atoms with Crippen LogP contribution in [0.15, 0.2) is 0 Å². The summed E-state index contributed by atoms with van der Waals surface area (Å²) in [6.45, 7) is 2.56. The van der Waals surface area contributed by atoms with E-state index in [-0.39, 0.29) is 18.4 Å². The first-order valence-electron chi connectivity index (χ1n) is 6.33. The molecule has 0 atom stereocenters. The Labute approximate surface area is 102 Å². The van der Waals surface area contributed by atoms with Gasteiger partial charge in [0.1, 0.15) is 0 Å². The van der Waals surface area contributed by atoms with Crippen LogP contribution in [0.4, 0.5) is 0 Å². The number of carbonyl (C=O) groups excluding carboxylic acids is 2. The van der Waals surface area contributed by atoms with E-state index in [1.807, 2.05) is 0 Å². The second kappa shape index (κ2) is 4.64. The van der Waals surface area contributed by atoms with Crippen molar-refractivity contribution in [1.29, 1.82) is 0 Å². The molecule has 2 rings (SSSR count). The summed E-state index contributed by atoms with van der Waals surface area (Å²) in [6, 6.07) is 0.339. The number of rotatable bonds is 5.